The van der Waals surface area contributed by atoms with Crippen LogP contribution in [0.15, 0.2) is 42.5 Å². The topological polar surface area (TPSA) is 23.6 Å². The Bertz CT molecular complexity index is 787. The second-order valence-electron chi connectivity index (χ2n) is 6.84. The normalized spacial score (nSPS) is 15.7. The van der Waals surface area contributed by atoms with Crippen LogP contribution in [0.4, 0.5) is 18.9 Å². The second kappa shape index (κ2) is 8.57. The van der Waals surface area contributed by atoms with E-state index in [1.54, 1.807) is 17.0 Å². The van der Waals surface area contributed by atoms with Crippen LogP contribution in [0.3, 0.4) is 0 Å². The van der Waals surface area contributed by atoms with Gasteiger partial charge >= 0.3 is 0 Å². The van der Waals surface area contributed by atoms with Gasteiger partial charge in [0.2, 0.25) is 5.91 Å². The van der Waals surface area contributed by atoms with Crippen molar-refractivity contribution in [2.75, 3.05) is 18.0 Å². The van der Waals surface area contributed by atoms with Crippen molar-refractivity contribution < 1.29 is 18.0 Å². The van der Waals surface area contributed by atoms with Crippen molar-refractivity contribution in [2.24, 2.45) is 0 Å². The molecule has 1 saturated heterocycles. The Kier molecular flexibility index (Phi) is 6.16. The van der Waals surface area contributed by atoms with E-state index in [4.69, 9.17) is 0 Å². The number of piperidine rings is 1. The number of benzene rings is 2. The van der Waals surface area contributed by atoms with Crippen LogP contribution in [0.5, 0.6) is 0 Å². The van der Waals surface area contributed by atoms with Crippen LogP contribution < -0.4 is 4.90 Å². The molecule has 3 rings (SSSR count). The van der Waals surface area contributed by atoms with E-state index < -0.39 is 11.6 Å². The molecule has 1 amide bonds. The quantitative estimate of drug-likeness (QED) is 0.767. The summed E-state index contributed by atoms with van der Waals surface area (Å²) < 4.78 is 40.1. The van der Waals surface area contributed by atoms with Gasteiger partial charge in [-0.1, -0.05) is 13.0 Å². The Morgan fingerprint density at radius 2 is 1.67 bits per heavy atom. The molecule has 6 heteroatoms. The lowest BCUT2D eigenvalue weighted by molar-refractivity contribution is -0.119. The molecule has 0 bridgehead atoms. The summed E-state index contributed by atoms with van der Waals surface area (Å²) in [7, 11) is 0. The molecular weight excluding hydrogens is 353 g/mol. The average Bonchev–Trinajstić information content (AvgIpc) is 2.67. The SMILES string of the molecule is CCC(=O)N(c1ccc(F)cc1)C1CCN(Cc2ccc(F)cc2F)CC1. The molecule has 1 aliphatic rings. The van der Waals surface area contributed by atoms with Crippen molar-refractivity contribution in [2.45, 2.75) is 38.8 Å². The summed E-state index contributed by atoms with van der Waals surface area (Å²) >= 11 is 0. The molecule has 0 saturated carbocycles. The van der Waals surface area contributed by atoms with Gasteiger partial charge in [0.1, 0.15) is 17.5 Å². The number of rotatable bonds is 5. The highest BCUT2D eigenvalue weighted by molar-refractivity contribution is 5.93. The van der Waals surface area contributed by atoms with Crippen molar-refractivity contribution in [3.8, 4) is 0 Å². The van der Waals surface area contributed by atoms with Gasteiger partial charge in [0, 0.05) is 49.4 Å². The lowest BCUT2D eigenvalue weighted by atomic mass is 10.0. The van der Waals surface area contributed by atoms with E-state index in [1.807, 2.05) is 6.92 Å². The van der Waals surface area contributed by atoms with Crippen LogP contribution in [0.1, 0.15) is 31.7 Å². The Balaban J connectivity index is 1.66. The molecule has 1 aliphatic heterocycles. The Morgan fingerprint density at radius 3 is 2.26 bits per heavy atom. The van der Waals surface area contributed by atoms with Gasteiger partial charge in [-0.15, -0.1) is 0 Å². The van der Waals surface area contributed by atoms with Crippen molar-refractivity contribution in [3.63, 3.8) is 0 Å². The van der Waals surface area contributed by atoms with Gasteiger partial charge in [0.25, 0.3) is 0 Å². The first kappa shape index (κ1) is 19.4. The molecule has 0 aliphatic carbocycles. The fraction of sp³-hybridized carbons (Fsp3) is 0.381. The van der Waals surface area contributed by atoms with Crippen LogP contribution >= 0.6 is 0 Å². The third-order valence-corrected chi connectivity index (χ3v) is 5.01. The van der Waals surface area contributed by atoms with Crippen molar-refractivity contribution >= 4 is 11.6 Å². The summed E-state index contributed by atoms with van der Waals surface area (Å²) in [6.45, 7) is 3.63. The summed E-state index contributed by atoms with van der Waals surface area (Å²) in [6.07, 6.45) is 1.86. The van der Waals surface area contributed by atoms with Crippen LogP contribution in [-0.2, 0) is 11.3 Å². The second-order valence-corrected chi connectivity index (χ2v) is 6.84. The van der Waals surface area contributed by atoms with E-state index in [2.05, 4.69) is 4.90 Å². The van der Waals surface area contributed by atoms with Crippen molar-refractivity contribution in [3.05, 3.63) is 65.5 Å². The largest absolute Gasteiger partial charge is 0.309 e. The van der Waals surface area contributed by atoms with E-state index in [0.717, 1.165) is 18.9 Å². The Labute approximate surface area is 157 Å². The standard InChI is InChI=1S/C21H23F3N2O/c1-2-21(27)26(18-7-5-16(22)6-8-18)19-9-11-25(12-10-19)14-15-3-4-17(23)13-20(15)24/h3-8,13,19H,2,9-12,14H2,1H3. The number of nitrogens with zero attached hydrogens (tertiary/aromatic N) is 2. The lowest BCUT2D eigenvalue weighted by Crippen LogP contribution is -2.47. The van der Waals surface area contributed by atoms with E-state index in [0.29, 0.717) is 37.3 Å². The highest BCUT2D eigenvalue weighted by atomic mass is 19.1. The minimum absolute atomic E-state index is 0.00429. The van der Waals surface area contributed by atoms with Gasteiger partial charge in [-0.25, -0.2) is 13.2 Å². The maximum Gasteiger partial charge on any atom is 0.226 e. The maximum atomic E-state index is 13.9. The lowest BCUT2D eigenvalue weighted by Gasteiger charge is -2.38. The summed E-state index contributed by atoms with van der Waals surface area (Å²) in [5, 5.41) is 0. The Morgan fingerprint density at radius 1 is 1.04 bits per heavy atom. The van der Waals surface area contributed by atoms with Crippen molar-refractivity contribution in [1.29, 1.82) is 0 Å². The fourth-order valence-corrected chi connectivity index (χ4v) is 3.56. The zero-order valence-electron chi connectivity index (χ0n) is 15.3. The number of hydrogen-bond acceptors (Lipinski definition) is 2. The summed E-state index contributed by atoms with van der Waals surface area (Å²) in [4.78, 5) is 16.3. The first-order valence-corrected chi connectivity index (χ1v) is 9.22. The van der Waals surface area contributed by atoms with Crippen LogP contribution in [0.25, 0.3) is 0 Å². The van der Waals surface area contributed by atoms with Crippen LogP contribution in [-0.4, -0.2) is 29.9 Å². The van der Waals surface area contributed by atoms with Gasteiger partial charge in [-0.2, -0.15) is 0 Å². The number of anilines is 1. The van der Waals surface area contributed by atoms with Gasteiger partial charge in [0.05, 0.1) is 0 Å². The summed E-state index contributed by atoms with van der Waals surface area (Å²) in [6, 6.07) is 9.64. The zero-order valence-corrected chi connectivity index (χ0v) is 15.3. The van der Waals surface area contributed by atoms with Crippen LogP contribution in [0.2, 0.25) is 0 Å². The predicted molar refractivity (Wildman–Crippen MR) is 98.8 cm³/mol. The van der Waals surface area contributed by atoms with E-state index in [-0.39, 0.29) is 17.8 Å². The molecule has 144 valence electrons. The number of likely N-dealkylation sites (tertiary alicyclic amines) is 1. The number of halogens is 3. The number of hydrogen-bond donors (Lipinski definition) is 0. The van der Waals surface area contributed by atoms with Crippen molar-refractivity contribution in [1.82, 2.24) is 4.90 Å². The van der Waals surface area contributed by atoms with E-state index in [9.17, 15) is 18.0 Å². The van der Waals surface area contributed by atoms with Gasteiger partial charge in [-0.3, -0.25) is 9.69 Å². The molecule has 2 aromatic rings. The third-order valence-electron chi connectivity index (χ3n) is 5.01. The number of carbonyl (C=O) groups excluding carboxylic acids is 1. The number of carbonyl (C=O) groups is 1. The molecule has 0 atom stereocenters. The molecule has 0 unspecified atom stereocenters. The molecule has 1 heterocycles. The monoisotopic (exact) mass is 376 g/mol. The highest BCUT2D eigenvalue weighted by Gasteiger charge is 2.28. The van der Waals surface area contributed by atoms with Gasteiger partial charge in [-0.05, 0) is 43.2 Å². The molecule has 0 N–H and O–H groups in total. The van der Waals surface area contributed by atoms with E-state index >= 15 is 0 Å². The smallest absolute Gasteiger partial charge is 0.226 e. The fourth-order valence-electron chi connectivity index (χ4n) is 3.56. The number of amides is 1. The molecule has 1 fully saturated rings. The van der Waals surface area contributed by atoms with Crippen LogP contribution in [0, 0.1) is 17.5 Å². The van der Waals surface area contributed by atoms with Gasteiger partial charge < -0.3 is 4.90 Å². The zero-order chi connectivity index (χ0) is 19.4. The van der Waals surface area contributed by atoms with E-state index in [1.165, 1.54) is 24.3 Å². The predicted octanol–water partition coefficient (Wildman–Crippen LogP) is 4.51. The first-order chi connectivity index (χ1) is 13.0. The molecule has 0 radical (unpaired) electrons. The molecule has 0 spiro atoms. The Hall–Kier alpha value is -2.34. The summed E-state index contributed by atoms with van der Waals surface area (Å²) in [5.41, 5.74) is 1.17. The highest BCUT2D eigenvalue weighted by Crippen LogP contribution is 2.26. The molecule has 0 aromatic heterocycles. The van der Waals surface area contributed by atoms with Gasteiger partial charge in [0.15, 0.2) is 0 Å². The first-order valence-electron chi connectivity index (χ1n) is 9.22. The average molecular weight is 376 g/mol. The minimum atomic E-state index is -0.581. The minimum Gasteiger partial charge on any atom is -0.309 e. The molecule has 2 aromatic carbocycles. The third kappa shape index (κ3) is 4.69. The molecule has 27 heavy (non-hydrogen) atoms. The molecular formula is C21H23F3N2O. The maximum absolute atomic E-state index is 13.9. The summed E-state index contributed by atoms with van der Waals surface area (Å²) in [5.74, 6) is -1.45. The molecule has 3 nitrogen and oxygen atoms in total.